The van der Waals surface area contributed by atoms with E-state index in [1.807, 2.05) is 0 Å². The summed E-state index contributed by atoms with van der Waals surface area (Å²) in [5, 5.41) is 13.1. The fourth-order valence-corrected chi connectivity index (χ4v) is 2.57. The number of aromatic carboxylic acids is 1. The highest BCUT2D eigenvalue weighted by atomic mass is 16.4. The second kappa shape index (κ2) is 5.81. The molecule has 112 valence electrons. The van der Waals surface area contributed by atoms with Crippen LogP contribution in [0.5, 0.6) is 0 Å². The van der Waals surface area contributed by atoms with Crippen molar-refractivity contribution in [2.24, 2.45) is 5.18 Å². The number of ketones is 1. The number of carboxylic acids is 1. The summed E-state index contributed by atoms with van der Waals surface area (Å²) in [5.74, 6) is -1.43. The smallest absolute Gasteiger partial charge is 0.336 e. The third kappa shape index (κ3) is 2.48. The van der Waals surface area contributed by atoms with Crippen LogP contribution in [0.2, 0.25) is 0 Å². The Morgan fingerprint density at radius 1 is 0.739 bits per heavy atom. The third-order valence-corrected chi connectivity index (χ3v) is 3.65. The Morgan fingerprint density at radius 3 is 1.96 bits per heavy atom. The molecule has 0 spiro atoms. The van der Waals surface area contributed by atoms with Gasteiger partial charge in [-0.3, -0.25) is 4.79 Å². The molecule has 3 rings (SSSR count). The van der Waals surface area contributed by atoms with Crippen molar-refractivity contribution >= 4 is 28.2 Å². The summed E-state index contributed by atoms with van der Waals surface area (Å²) in [6, 6.07) is 15.9. The third-order valence-electron chi connectivity index (χ3n) is 3.65. The molecular weight excluding hydrogens is 294 g/mol. The Labute approximate surface area is 131 Å². The van der Waals surface area contributed by atoms with Gasteiger partial charge < -0.3 is 5.11 Å². The van der Waals surface area contributed by atoms with E-state index in [0.29, 0.717) is 16.3 Å². The van der Waals surface area contributed by atoms with Gasteiger partial charge in [-0.15, -0.1) is 4.91 Å². The van der Waals surface area contributed by atoms with Crippen LogP contribution in [0.1, 0.15) is 26.3 Å². The molecule has 0 saturated heterocycles. The van der Waals surface area contributed by atoms with Crippen molar-refractivity contribution in [1.29, 1.82) is 0 Å². The molecule has 5 nitrogen and oxygen atoms in total. The molecular formula is C18H11NO4. The molecule has 1 N–H and O–H groups in total. The van der Waals surface area contributed by atoms with Gasteiger partial charge >= 0.3 is 5.97 Å². The highest BCUT2D eigenvalue weighted by Crippen LogP contribution is 2.28. The topological polar surface area (TPSA) is 83.8 Å². The first-order valence-corrected chi connectivity index (χ1v) is 6.85. The second-order valence-electron chi connectivity index (χ2n) is 4.95. The zero-order chi connectivity index (χ0) is 16.4. The van der Waals surface area contributed by atoms with Gasteiger partial charge in [0.25, 0.3) is 0 Å². The summed E-state index contributed by atoms with van der Waals surface area (Å²) in [6.45, 7) is 0. The number of benzene rings is 3. The summed E-state index contributed by atoms with van der Waals surface area (Å²) in [4.78, 5) is 35.0. The van der Waals surface area contributed by atoms with E-state index >= 15 is 0 Å². The predicted molar refractivity (Wildman–Crippen MR) is 86.2 cm³/mol. The van der Waals surface area contributed by atoms with Crippen molar-refractivity contribution in [2.75, 3.05) is 0 Å². The molecule has 0 radical (unpaired) electrons. The van der Waals surface area contributed by atoms with E-state index in [0.717, 1.165) is 0 Å². The quantitative estimate of drug-likeness (QED) is 0.579. The molecule has 0 aromatic heterocycles. The van der Waals surface area contributed by atoms with Gasteiger partial charge in [-0.05, 0) is 40.2 Å². The lowest BCUT2D eigenvalue weighted by Gasteiger charge is -2.09. The molecule has 3 aromatic carbocycles. The normalized spacial score (nSPS) is 10.4. The minimum atomic E-state index is -1.06. The zero-order valence-electron chi connectivity index (χ0n) is 11.9. The molecule has 0 heterocycles. The van der Waals surface area contributed by atoms with E-state index in [2.05, 4.69) is 5.18 Å². The van der Waals surface area contributed by atoms with Gasteiger partial charge in [0.15, 0.2) is 5.78 Å². The standard InChI is InChI=1S/C18H11NO4/c20-17(15-7-3-4-8-16(15)19-23)13-9-10-14(18(21)22)12-6-2-1-5-11(12)13/h1-10H,(H,21,22). The van der Waals surface area contributed by atoms with Gasteiger partial charge in [-0.2, -0.15) is 0 Å². The fraction of sp³-hybridized carbons (Fsp3) is 0. The van der Waals surface area contributed by atoms with Gasteiger partial charge in [0.2, 0.25) is 0 Å². The number of fused-ring (bicyclic) bond motifs is 1. The number of carboxylic acid groups (broad SMARTS) is 1. The van der Waals surface area contributed by atoms with E-state index < -0.39 is 5.97 Å². The summed E-state index contributed by atoms with van der Waals surface area (Å²) in [5.41, 5.74) is 0.709. The Balaban J connectivity index is 2.25. The molecule has 0 amide bonds. The van der Waals surface area contributed by atoms with Crippen LogP contribution in [-0.2, 0) is 0 Å². The molecule has 0 aliphatic carbocycles. The lowest BCUT2D eigenvalue weighted by Crippen LogP contribution is -2.05. The van der Waals surface area contributed by atoms with Crippen molar-refractivity contribution < 1.29 is 14.7 Å². The summed E-state index contributed by atoms with van der Waals surface area (Å²) >= 11 is 0. The molecule has 0 fully saturated rings. The van der Waals surface area contributed by atoms with Crippen molar-refractivity contribution in [3.63, 3.8) is 0 Å². The van der Waals surface area contributed by atoms with E-state index in [4.69, 9.17) is 0 Å². The molecule has 0 bridgehead atoms. The Hall–Kier alpha value is -3.34. The van der Waals surface area contributed by atoms with E-state index in [1.54, 1.807) is 36.4 Å². The maximum atomic E-state index is 12.8. The molecule has 0 aliphatic heterocycles. The van der Waals surface area contributed by atoms with E-state index in [-0.39, 0.29) is 22.6 Å². The van der Waals surface area contributed by atoms with Gasteiger partial charge in [0, 0.05) is 5.56 Å². The highest BCUT2D eigenvalue weighted by Gasteiger charge is 2.19. The molecule has 0 atom stereocenters. The number of hydrogen-bond donors (Lipinski definition) is 1. The van der Waals surface area contributed by atoms with Crippen LogP contribution >= 0.6 is 0 Å². The van der Waals surface area contributed by atoms with E-state index in [1.165, 1.54) is 24.3 Å². The minimum Gasteiger partial charge on any atom is -0.478 e. The minimum absolute atomic E-state index is 0.0592. The van der Waals surface area contributed by atoms with Crippen molar-refractivity contribution in [3.8, 4) is 0 Å². The first kappa shape index (κ1) is 14.6. The Bertz CT molecular complexity index is 947. The first-order valence-electron chi connectivity index (χ1n) is 6.85. The Morgan fingerprint density at radius 2 is 1.30 bits per heavy atom. The molecule has 0 aliphatic rings. The Kier molecular flexibility index (Phi) is 3.68. The molecule has 0 saturated carbocycles. The highest BCUT2D eigenvalue weighted by molar-refractivity contribution is 6.20. The van der Waals surface area contributed by atoms with Crippen molar-refractivity contribution in [2.45, 2.75) is 0 Å². The zero-order valence-corrected chi connectivity index (χ0v) is 11.9. The molecule has 3 aromatic rings. The summed E-state index contributed by atoms with van der Waals surface area (Å²) in [6.07, 6.45) is 0. The average Bonchev–Trinajstić information content (AvgIpc) is 2.60. The van der Waals surface area contributed by atoms with E-state index in [9.17, 15) is 19.6 Å². The van der Waals surface area contributed by atoms with Gasteiger partial charge in [0.05, 0.1) is 11.1 Å². The summed E-state index contributed by atoms with van der Waals surface area (Å²) in [7, 11) is 0. The fourth-order valence-electron chi connectivity index (χ4n) is 2.57. The lowest BCUT2D eigenvalue weighted by atomic mass is 9.94. The van der Waals surface area contributed by atoms with Crippen LogP contribution in [0.3, 0.4) is 0 Å². The van der Waals surface area contributed by atoms with Crippen LogP contribution in [0.25, 0.3) is 10.8 Å². The number of nitrogens with zero attached hydrogens (tertiary/aromatic N) is 1. The molecule has 0 unspecified atom stereocenters. The lowest BCUT2D eigenvalue weighted by molar-refractivity contribution is 0.0698. The summed E-state index contributed by atoms with van der Waals surface area (Å²) < 4.78 is 0. The van der Waals surface area contributed by atoms with Crippen LogP contribution < -0.4 is 0 Å². The van der Waals surface area contributed by atoms with Gasteiger partial charge in [-0.1, -0.05) is 36.4 Å². The number of carbonyl (C=O) groups excluding carboxylic acids is 1. The molecule has 5 heteroatoms. The number of hydrogen-bond acceptors (Lipinski definition) is 4. The molecule has 23 heavy (non-hydrogen) atoms. The number of nitroso groups, excluding NO2 is 1. The average molecular weight is 305 g/mol. The van der Waals surface area contributed by atoms with Crippen LogP contribution in [0, 0.1) is 4.91 Å². The predicted octanol–water partition coefficient (Wildman–Crippen LogP) is 4.17. The first-order chi connectivity index (χ1) is 11.1. The second-order valence-corrected chi connectivity index (χ2v) is 4.95. The maximum Gasteiger partial charge on any atom is 0.336 e. The number of rotatable bonds is 4. The monoisotopic (exact) mass is 305 g/mol. The van der Waals surface area contributed by atoms with Gasteiger partial charge in [-0.25, -0.2) is 4.79 Å². The van der Waals surface area contributed by atoms with Crippen molar-refractivity contribution in [1.82, 2.24) is 0 Å². The van der Waals surface area contributed by atoms with Gasteiger partial charge in [0.1, 0.15) is 5.69 Å². The van der Waals surface area contributed by atoms with Crippen LogP contribution in [0.15, 0.2) is 65.8 Å². The number of carbonyl (C=O) groups is 2. The van der Waals surface area contributed by atoms with Crippen LogP contribution in [-0.4, -0.2) is 16.9 Å². The maximum absolute atomic E-state index is 12.8. The SMILES string of the molecule is O=Nc1ccccc1C(=O)c1ccc(C(=O)O)c2ccccc12. The largest absolute Gasteiger partial charge is 0.478 e. The van der Waals surface area contributed by atoms with Crippen LogP contribution in [0.4, 0.5) is 5.69 Å². The van der Waals surface area contributed by atoms with Crippen molar-refractivity contribution in [3.05, 3.63) is 82.3 Å².